The van der Waals surface area contributed by atoms with Gasteiger partial charge >= 0.3 is 0 Å². The van der Waals surface area contributed by atoms with Gasteiger partial charge < -0.3 is 4.90 Å². The fraction of sp³-hybridized carbons (Fsp3) is 0.250. The summed E-state index contributed by atoms with van der Waals surface area (Å²) in [5.74, 6) is -0.0214. The highest BCUT2D eigenvalue weighted by Crippen LogP contribution is 2.14. The van der Waals surface area contributed by atoms with Crippen LogP contribution >= 0.6 is 0 Å². The number of carbonyl (C=O) groups is 1. The largest absolute Gasteiger partial charge is 0.313 e. The molecular formula is C12H14N4O. The Balaban J connectivity index is 2.33. The standard InChI is InChI=1S/C12H14N4O/c1-9-4-11(6-13-5-9)16-8-12(7-14-16)15(3)10(2)17/h4-8H,1-3H3. The molecule has 0 aliphatic rings. The number of pyridine rings is 1. The predicted octanol–water partition coefficient (Wildman–Crippen LogP) is 1.56. The molecular weight excluding hydrogens is 216 g/mol. The van der Waals surface area contributed by atoms with Crippen molar-refractivity contribution in [1.82, 2.24) is 14.8 Å². The number of carbonyl (C=O) groups excluding carboxylic acids is 1. The van der Waals surface area contributed by atoms with E-state index in [0.29, 0.717) is 0 Å². The molecule has 5 nitrogen and oxygen atoms in total. The fourth-order valence-electron chi connectivity index (χ4n) is 1.47. The van der Waals surface area contributed by atoms with Crippen molar-refractivity contribution in [2.24, 2.45) is 0 Å². The molecule has 0 atom stereocenters. The Morgan fingerprint density at radius 1 is 1.35 bits per heavy atom. The molecule has 0 aliphatic heterocycles. The van der Waals surface area contributed by atoms with Gasteiger partial charge in [-0.15, -0.1) is 0 Å². The van der Waals surface area contributed by atoms with E-state index in [1.807, 2.05) is 13.0 Å². The Kier molecular flexibility index (Phi) is 2.91. The summed E-state index contributed by atoms with van der Waals surface area (Å²) in [7, 11) is 1.72. The smallest absolute Gasteiger partial charge is 0.223 e. The van der Waals surface area contributed by atoms with Gasteiger partial charge in [0.15, 0.2) is 0 Å². The van der Waals surface area contributed by atoms with Crippen LogP contribution in [0.2, 0.25) is 0 Å². The van der Waals surface area contributed by atoms with Crippen molar-refractivity contribution in [3.05, 3.63) is 36.4 Å². The first-order valence-corrected chi connectivity index (χ1v) is 5.29. The molecule has 2 aromatic heterocycles. The quantitative estimate of drug-likeness (QED) is 0.786. The van der Waals surface area contributed by atoms with Gasteiger partial charge in [-0.2, -0.15) is 5.10 Å². The average molecular weight is 230 g/mol. The van der Waals surface area contributed by atoms with Crippen LogP contribution in [0.1, 0.15) is 12.5 Å². The van der Waals surface area contributed by atoms with Crippen molar-refractivity contribution < 1.29 is 4.79 Å². The van der Waals surface area contributed by atoms with Crippen LogP contribution in [0.15, 0.2) is 30.9 Å². The van der Waals surface area contributed by atoms with Gasteiger partial charge in [0.05, 0.1) is 30.0 Å². The van der Waals surface area contributed by atoms with E-state index < -0.39 is 0 Å². The predicted molar refractivity (Wildman–Crippen MR) is 65.2 cm³/mol. The maximum absolute atomic E-state index is 11.2. The number of hydrogen-bond acceptors (Lipinski definition) is 3. The third kappa shape index (κ3) is 2.33. The van der Waals surface area contributed by atoms with Crippen molar-refractivity contribution in [3.8, 4) is 5.69 Å². The fourth-order valence-corrected chi connectivity index (χ4v) is 1.47. The van der Waals surface area contributed by atoms with Crippen LogP contribution in [-0.2, 0) is 4.79 Å². The van der Waals surface area contributed by atoms with Gasteiger partial charge in [0.1, 0.15) is 0 Å². The molecule has 0 unspecified atom stereocenters. The zero-order chi connectivity index (χ0) is 12.4. The molecule has 0 saturated heterocycles. The van der Waals surface area contributed by atoms with Crippen LogP contribution in [-0.4, -0.2) is 27.7 Å². The Morgan fingerprint density at radius 3 is 2.76 bits per heavy atom. The van der Waals surface area contributed by atoms with Crippen LogP contribution in [0.3, 0.4) is 0 Å². The van der Waals surface area contributed by atoms with E-state index in [2.05, 4.69) is 10.1 Å². The van der Waals surface area contributed by atoms with Crippen molar-refractivity contribution in [2.75, 3.05) is 11.9 Å². The summed E-state index contributed by atoms with van der Waals surface area (Å²) in [6.07, 6.45) is 6.98. The number of hydrogen-bond donors (Lipinski definition) is 0. The SMILES string of the molecule is CC(=O)N(C)c1cnn(-c2cncc(C)c2)c1. The lowest BCUT2D eigenvalue weighted by Gasteiger charge is -2.10. The molecule has 0 radical (unpaired) electrons. The van der Waals surface area contributed by atoms with Gasteiger partial charge in [-0.05, 0) is 18.6 Å². The topological polar surface area (TPSA) is 51.0 Å². The molecule has 0 aromatic carbocycles. The number of amides is 1. The zero-order valence-electron chi connectivity index (χ0n) is 10.1. The molecule has 2 heterocycles. The highest BCUT2D eigenvalue weighted by atomic mass is 16.2. The van der Waals surface area contributed by atoms with E-state index in [1.54, 1.807) is 41.4 Å². The van der Waals surface area contributed by atoms with Crippen LogP contribution in [0, 0.1) is 6.92 Å². The van der Waals surface area contributed by atoms with E-state index >= 15 is 0 Å². The van der Waals surface area contributed by atoms with Gasteiger partial charge in [-0.3, -0.25) is 9.78 Å². The van der Waals surface area contributed by atoms with Gasteiger partial charge in [-0.25, -0.2) is 4.68 Å². The van der Waals surface area contributed by atoms with Crippen molar-refractivity contribution in [3.63, 3.8) is 0 Å². The van der Waals surface area contributed by atoms with Gasteiger partial charge in [0.25, 0.3) is 0 Å². The molecule has 0 bridgehead atoms. The molecule has 1 amide bonds. The second-order valence-electron chi connectivity index (χ2n) is 3.94. The zero-order valence-corrected chi connectivity index (χ0v) is 10.1. The van der Waals surface area contributed by atoms with Crippen LogP contribution in [0.25, 0.3) is 5.69 Å². The highest BCUT2D eigenvalue weighted by Gasteiger charge is 2.08. The van der Waals surface area contributed by atoms with Gasteiger partial charge in [0, 0.05) is 20.2 Å². The summed E-state index contributed by atoms with van der Waals surface area (Å²) >= 11 is 0. The highest BCUT2D eigenvalue weighted by molar-refractivity contribution is 5.90. The van der Waals surface area contributed by atoms with Crippen LogP contribution < -0.4 is 4.90 Å². The Hall–Kier alpha value is -2.17. The van der Waals surface area contributed by atoms with Crippen molar-refractivity contribution in [2.45, 2.75) is 13.8 Å². The molecule has 2 aromatic rings. The van der Waals surface area contributed by atoms with Gasteiger partial charge in [0.2, 0.25) is 5.91 Å². The van der Waals surface area contributed by atoms with E-state index in [0.717, 1.165) is 16.9 Å². The average Bonchev–Trinajstić information content (AvgIpc) is 2.77. The molecule has 0 aliphatic carbocycles. The minimum Gasteiger partial charge on any atom is -0.313 e. The van der Waals surface area contributed by atoms with E-state index in [1.165, 1.54) is 6.92 Å². The minimum absolute atomic E-state index is 0.0214. The molecule has 0 saturated carbocycles. The van der Waals surface area contributed by atoms with E-state index in [9.17, 15) is 4.79 Å². The number of aromatic nitrogens is 3. The summed E-state index contributed by atoms with van der Waals surface area (Å²) in [5, 5.41) is 4.21. The normalized spacial score (nSPS) is 10.3. The Bertz CT molecular complexity index is 547. The van der Waals surface area contributed by atoms with Crippen LogP contribution in [0.5, 0.6) is 0 Å². The van der Waals surface area contributed by atoms with E-state index in [4.69, 9.17) is 0 Å². The number of aryl methyl sites for hydroxylation is 1. The Labute approximate surface area is 99.7 Å². The summed E-state index contributed by atoms with van der Waals surface area (Å²) in [6.45, 7) is 3.49. The second kappa shape index (κ2) is 4.37. The first-order chi connectivity index (χ1) is 8.08. The third-order valence-corrected chi connectivity index (χ3v) is 2.55. The summed E-state index contributed by atoms with van der Waals surface area (Å²) < 4.78 is 1.70. The lowest BCUT2D eigenvalue weighted by molar-refractivity contribution is -0.116. The van der Waals surface area contributed by atoms with E-state index in [-0.39, 0.29) is 5.91 Å². The maximum atomic E-state index is 11.2. The second-order valence-corrected chi connectivity index (χ2v) is 3.94. The summed E-state index contributed by atoms with van der Waals surface area (Å²) in [6, 6.07) is 1.98. The molecule has 5 heteroatoms. The van der Waals surface area contributed by atoms with Crippen LogP contribution in [0.4, 0.5) is 5.69 Å². The van der Waals surface area contributed by atoms with Gasteiger partial charge in [-0.1, -0.05) is 0 Å². The summed E-state index contributed by atoms with van der Waals surface area (Å²) in [5.41, 5.74) is 2.71. The third-order valence-electron chi connectivity index (χ3n) is 2.55. The molecule has 0 spiro atoms. The molecule has 17 heavy (non-hydrogen) atoms. The number of rotatable bonds is 2. The van der Waals surface area contributed by atoms with Crippen molar-refractivity contribution >= 4 is 11.6 Å². The maximum Gasteiger partial charge on any atom is 0.223 e. The number of nitrogens with zero attached hydrogens (tertiary/aromatic N) is 4. The molecule has 88 valence electrons. The number of anilines is 1. The molecule has 0 N–H and O–H groups in total. The summed E-state index contributed by atoms with van der Waals surface area (Å²) in [4.78, 5) is 16.9. The first kappa shape index (κ1) is 11.3. The Morgan fingerprint density at radius 2 is 2.12 bits per heavy atom. The lowest BCUT2D eigenvalue weighted by atomic mass is 10.3. The molecule has 2 rings (SSSR count). The van der Waals surface area contributed by atoms with Crippen molar-refractivity contribution in [1.29, 1.82) is 0 Å². The molecule has 0 fully saturated rings. The first-order valence-electron chi connectivity index (χ1n) is 5.29. The monoisotopic (exact) mass is 230 g/mol. The lowest BCUT2D eigenvalue weighted by Crippen LogP contribution is -2.22. The minimum atomic E-state index is -0.0214.